The Morgan fingerprint density at radius 2 is 1.59 bits per heavy atom. The minimum atomic E-state index is -0.513. The average Bonchev–Trinajstić information content (AvgIpc) is 3.17. The Labute approximate surface area is 154 Å². The summed E-state index contributed by atoms with van der Waals surface area (Å²) in [6.45, 7) is 0. The maximum atomic E-state index is 14.0. The summed E-state index contributed by atoms with van der Waals surface area (Å²) in [5.74, 6) is -0.458. The molecule has 0 aliphatic rings. The van der Waals surface area contributed by atoms with Crippen LogP contribution in [0.25, 0.3) is 11.5 Å². The van der Waals surface area contributed by atoms with Gasteiger partial charge in [0.15, 0.2) is 0 Å². The fourth-order valence-corrected chi connectivity index (χ4v) is 2.77. The Bertz CT molecular complexity index is 1050. The molecule has 1 heterocycles. The van der Waals surface area contributed by atoms with Gasteiger partial charge in [-0.2, -0.15) is 0 Å². The number of benzene rings is 3. The molecule has 1 N–H and O–H groups in total. The summed E-state index contributed by atoms with van der Waals surface area (Å²) < 4.78 is 33.3. The van der Waals surface area contributed by atoms with Gasteiger partial charge in [-0.25, -0.2) is 8.78 Å². The summed E-state index contributed by atoms with van der Waals surface area (Å²) >= 11 is 0. The Morgan fingerprint density at radius 3 is 2.37 bits per heavy atom. The number of nitrogens with zero attached hydrogens (tertiary/aromatic N) is 2. The number of anilines is 1. The van der Waals surface area contributed by atoms with E-state index in [1.807, 2.05) is 30.3 Å². The van der Waals surface area contributed by atoms with Crippen molar-refractivity contribution in [3.05, 3.63) is 102 Å². The zero-order chi connectivity index (χ0) is 18.6. The standard InChI is InChI=1S/C21H15F2N3O/c22-15-9-6-10-16(13-15)24-19(14-7-2-1-3-8-14)21-26-25-20(27-21)17-11-4-5-12-18(17)23/h1-13,19,24H. The first kappa shape index (κ1) is 16.9. The van der Waals surface area contributed by atoms with Crippen LogP contribution in [-0.4, -0.2) is 10.2 Å². The second-order valence-electron chi connectivity index (χ2n) is 5.92. The maximum absolute atomic E-state index is 14.0. The van der Waals surface area contributed by atoms with Crippen molar-refractivity contribution in [2.75, 3.05) is 5.32 Å². The van der Waals surface area contributed by atoms with E-state index in [0.29, 0.717) is 5.69 Å². The number of hydrogen-bond acceptors (Lipinski definition) is 4. The molecule has 0 amide bonds. The Balaban J connectivity index is 1.72. The van der Waals surface area contributed by atoms with E-state index in [1.165, 1.54) is 18.2 Å². The van der Waals surface area contributed by atoms with Crippen LogP contribution in [0.4, 0.5) is 14.5 Å². The van der Waals surface area contributed by atoms with Crippen LogP contribution < -0.4 is 5.32 Å². The van der Waals surface area contributed by atoms with Gasteiger partial charge in [-0.15, -0.1) is 10.2 Å². The minimum Gasteiger partial charge on any atom is -0.418 e. The fourth-order valence-electron chi connectivity index (χ4n) is 2.77. The van der Waals surface area contributed by atoms with E-state index < -0.39 is 11.9 Å². The molecule has 4 nitrogen and oxygen atoms in total. The molecule has 3 aromatic carbocycles. The molecule has 0 saturated carbocycles. The van der Waals surface area contributed by atoms with Gasteiger partial charge in [-0.3, -0.25) is 0 Å². The number of halogens is 2. The van der Waals surface area contributed by atoms with E-state index in [1.54, 1.807) is 30.3 Å². The van der Waals surface area contributed by atoms with Crippen molar-refractivity contribution in [3.8, 4) is 11.5 Å². The second-order valence-corrected chi connectivity index (χ2v) is 5.92. The third-order valence-corrected chi connectivity index (χ3v) is 4.06. The third-order valence-electron chi connectivity index (χ3n) is 4.06. The highest BCUT2D eigenvalue weighted by atomic mass is 19.1. The highest BCUT2D eigenvalue weighted by molar-refractivity contribution is 5.54. The van der Waals surface area contributed by atoms with Crippen molar-refractivity contribution in [2.45, 2.75) is 6.04 Å². The van der Waals surface area contributed by atoms with Crippen LogP contribution in [0.3, 0.4) is 0 Å². The quantitative estimate of drug-likeness (QED) is 0.528. The van der Waals surface area contributed by atoms with Gasteiger partial charge in [0.25, 0.3) is 5.89 Å². The molecule has 0 aliphatic carbocycles. The lowest BCUT2D eigenvalue weighted by molar-refractivity contribution is 0.490. The van der Waals surface area contributed by atoms with Crippen LogP contribution in [0.1, 0.15) is 17.5 Å². The molecule has 1 atom stereocenters. The number of nitrogens with one attached hydrogen (secondary N) is 1. The average molecular weight is 363 g/mol. The van der Waals surface area contributed by atoms with Gasteiger partial charge in [0.2, 0.25) is 5.89 Å². The minimum absolute atomic E-state index is 0.0880. The third kappa shape index (κ3) is 3.69. The van der Waals surface area contributed by atoms with Crippen LogP contribution in [0.15, 0.2) is 83.3 Å². The summed E-state index contributed by atoms with van der Waals surface area (Å²) in [4.78, 5) is 0. The van der Waals surface area contributed by atoms with Crippen LogP contribution in [0, 0.1) is 11.6 Å². The monoisotopic (exact) mass is 363 g/mol. The molecule has 0 spiro atoms. The van der Waals surface area contributed by atoms with E-state index in [2.05, 4.69) is 15.5 Å². The first-order chi connectivity index (χ1) is 13.2. The fraction of sp³-hybridized carbons (Fsp3) is 0.0476. The molecule has 4 aromatic rings. The van der Waals surface area contributed by atoms with Crippen molar-refractivity contribution in [1.29, 1.82) is 0 Å². The zero-order valence-corrected chi connectivity index (χ0v) is 14.1. The SMILES string of the molecule is Fc1cccc(NC(c2ccccc2)c2nnc(-c3ccccc3F)o2)c1. The Kier molecular flexibility index (Phi) is 4.61. The molecule has 0 aliphatic heterocycles. The van der Waals surface area contributed by atoms with Crippen LogP contribution in [0.5, 0.6) is 0 Å². The molecule has 1 aromatic heterocycles. The highest BCUT2D eigenvalue weighted by Gasteiger charge is 2.22. The predicted octanol–water partition coefficient (Wildman–Crippen LogP) is 5.22. The highest BCUT2D eigenvalue weighted by Crippen LogP contribution is 2.29. The summed E-state index contributed by atoms with van der Waals surface area (Å²) in [7, 11) is 0. The Morgan fingerprint density at radius 1 is 0.815 bits per heavy atom. The summed E-state index contributed by atoms with van der Waals surface area (Å²) in [5, 5.41) is 11.3. The van der Waals surface area contributed by atoms with Gasteiger partial charge in [0.05, 0.1) is 5.56 Å². The summed E-state index contributed by atoms with van der Waals surface area (Å²) in [6, 6.07) is 21.2. The van der Waals surface area contributed by atoms with Gasteiger partial charge >= 0.3 is 0 Å². The normalized spacial score (nSPS) is 11.9. The molecular formula is C21H15F2N3O. The van der Waals surface area contributed by atoms with Gasteiger partial charge in [-0.05, 0) is 35.9 Å². The molecule has 1 unspecified atom stereocenters. The first-order valence-electron chi connectivity index (χ1n) is 8.36. The molecule has 6 heteroatoms. The van der Waals surface area contributed by atoms with Crippen molar-refractivity contribution in [3.63, 3.8) is 0 Å². The van der Waals surface area contributed by atoms with E-state index >= 15 is 0 Å². The van der Waals surface area contributed by atoms with Crippen molar-refractivity contribution < 1.29 is 13.2 Å². The molecular weight excluding hydrogens is 348 g/mol. The number of rotatable bonds is 5. The van der Waals surface area contributed by atoms with Crippen molar-refractivity contribution >= 4 is 5.69 Å². The number of hydrogen-bond donors (Lipinski definition) is 1. The lowest BCUT2D eigenvalue weighted by Crippen LogP contribution is -2.13. The number of aromatic nitrogens is 2. The van der Waals surface area contributed by atoms with E-state index in [9.17, 15) is 8.78 Å². The van der Waals surface area contributed by atoms with Gasteiger partial charge in [-0.1, -0.05) is 48.5 Å². The Hall–Kier alpha value is -3.54. The largest absolute Gasteiger partial charge is 0.418 e. The van der Waals surface area contributed by atoms with Gasteiger partial charge in [0.1, 0.15) is 17.7 Å². The van der Waals surface area contributed by atoms with Crippen LogP contribution in [-0.2, 0) is 0 Å². The molecule has 0 fully saturated rings. The van der Waals surface area contributed by atoms with E-state index in [-0.39, 0.29) is 23.2 Å². The first-order valence-corrected chi connectivity index (χ1v) is 8.36. The topological polar surface area (TPSA) is 51.0 Å². The van der Waals surface area contributed by atoms with E-state index in [4.69, 9.17) is 4.42 Å². The molecule has 27 heavy (non-hydrogen) atoms. The molecule has 0 bridgehead atoms. The molecule has 134 valence electrons. The van der Waals surface area contributed by atoms with Crippen molar-refractivity contribution in [2.24, 2.45) is 0 Å². The molecule has 0 radical (unpaired) electrons. The van der Waals surface area contributed by atoms with Gasteiger partial charge in [0, 0.05) is 5.69 Å². The second kappa shape index (κ2) is 7.37. The van der Waals surface area contributed by atoms with Gasteiger partial charge < -0.3 is 9.73 Å². The predicted molar refractivity (Wildman–Crippen MR) is 98.0 cm³/mol. The maximum Gasteiger partial charge on any atom is 0.250 e. The van der Waals surface area contributed by atoms with Crippen LogP contribution in [0.2, 0.25) is 0 Å². The lowest BCUT2D eigenvalue weighted by Gasteiger charge is -2.17. The lowest BCUT2D eigenvalue weighted by atomic mass is 10.1. The van der Waals surface area contributed by atoms with E-state index in [0.717, 1.165) is 5.56 Å². The van der Waals surface area contributed by atoms with Crippen LogP contribution >= 0.6 is 0 Å². The smallest absolute Gasteiger partial charge is 0.250 e. The molecule has 0 saturated heterocycles. The zero-order valence-electron chi connectivity index (χ0n) is 14.1. The summed E-state index contributed by atoms with van der Waals surface area (Å²) in [5.41, 5.74) is 1.65. The van der Waals surface area contributed by atoms with Crippen molar-refractivity contribution in [1.82, 2.24) is 10.2 Å². The molecule has 4 rings (SSSR count). The summed E-state index contributed by atoms with van der Waals surface area (Å²) in [6.07, 6.45) is 0.